The van der Waals surface area contributed by atoms with Crippen LogP contribution in [0.15, 0.2) is 43.1 Å². The van der Waals surface area contributed by atoms with E-state index in [1.54, 1.807) is 24.8 Å². The lowest BCUT2D eigenvalue weighted by atomic mass is 10.1. The number of nitrogens with zero attached hydrogens (tertiary/aromatic N) is 5. The Kier molecular flexibility index (Phi) is 5.36. The molecule has 0 spiro atoms. The lowest BCUT2D eigenvalue weighted by molar-refractivity contribution is 0.0930. The molecule has 3 aromatic heterocycles. The van der Waals surface area contributed by atoms with Crippen LogP contribution in [0.5, 0.6) is 0 Å². The Balaban J connectivity index is 1.82. The zero-order valence-corrected chi connectivity index (χ0v) is 15.2. The van der Waals surface area contributed by atoms with Gasteiger partial charge in [0.15, 0.2) is 5.82 Å². The third-order valence-electron chi connectivity index (χ3n) is 4.20. The number of aryl methyl sites for hydroxylation is 2. The van der Waals surface area contributed by atoms with Crippen LogP contribution >= 0.6 is 0 Å². The molecular weight excluding hydrogens is 328 g/mol. The Labute approximate surface area is 152 Å². The fraction of sp³-hybridized carbons (Fsp3) is 0.316. The van der Waals surface area contributed by atoms with E-state index in [9.17, 15) is 4.79 Å². The van der Waals surface area contributed by atoms with Crippen molar-refractivity contribution >= 4 is 5.91 Å². The Morgan fingerprint density at radius 2 is 2.12 bits per heavy atom. The number of pyridine rings is 1. The van der Waals surface area contributed by atoms with Gasteiger partial charge in [-0.1, -0.05) is 13.3 Å². The fourth-order valence-corrected chi connectivity index (χ4v) is 2.83. The highest BCUT2D eigenvalue weighted by Gasteiger charge is 2.20. The summed E-state index contributed by atoms with van der Waals surface area (Å²) in [5.41, 5.74) is 1.92. The summed E-state index contributed by atoms with van der Waals surface area (Å²) in [7, 11) is 1.92. The summed E-state index contributed by atoms with van der Waals surface area (Å²) >= 11 is 0. The molecule has 1 amide bonds. The molecule has 0 aliphatic carbocycles. The second-order valence-electron chi connectivity index (χ2n) is 6.15. The molecule has 7 heteroatoms. The maximum Gasteiger partial charge on any atom is 0.255 e. The molecule has 134 valence electrons. The molecule has 0 fully saturated rings. The lowest BCUT2D eigenvalue weighted by Gasteiger charge is -2.18. The number of imidazole rings is 1. The van der Waals surface area contributed by atoms with Gasteiger partial charge in [0.25, 0.3) is 5.91 Å². The van der Waals surface area contributed by atoms with Crippen molar-refractivity contribution in [3.05, 3.63) is 60.2 Å². The molecule has 1 N–H and O–H groups in total. The highest BCUT2D eigenvalue weighted by Crippen LogP contribution is 2.19. The summed E-state index contributed by atoms with van der Waals surface area (Å²) in [6.45, 7) is 3.89. The van der Waals surface area contributed by atoms with E-state index < -0.39 is 0 Å². The van der Waals surface area contributed by atoms with E-state index in [0.29, 0.717) is 17.1 Å². The Bertz CT molecular complexity index is 890. The molecule has 3 rings (SSSR count). The number of hydrogen-bond acceptors (Lipinski definition) is 5. The lowest BCUT2D eigenvalue weighted by Crippen LogP contribution is -2.31. The molecule has 0 aromatic carbocycles. The van der Waals surface area contributed by atoms with Crippen LogP contribution in [0.25, 0.3) is 11.4 Å². The van der Waals surface area contributed by atoms with E-state index in [1.165, 1.54) is 0 Å². The number of aromatic nitrogens is 5. The van der Waals surface area contributed by atoms with Gasteiger partial charge < -0.3 is 9.88 Å². The molecule has 3 heterocycles. The number of hydrogen-bond donors (Lipinski definition) is 1. The summed E-state index contributed by atoms with van der Waals surface area (Å²) in [6.07, 6.45) is 10.3. The molecule has 0 aliphatic rings. The zero-order chi connectivity index (χ0) is 18.5. The van der Waals surface area contributed by atoms with Gasteiger partial charge in [-0.15, -0.1) is 0 Å². The first-order chi connectivity index (χ1) is 12.6. The normalized spacial score (nSPS) is 12.0. The Morgan fingerprint density at radius 1 is 1.27 bits per heavy atom. The van der Waals surface area contributed by atoms with Crippen LogP contribution in [0, 0.1) is 6.92 Å². The van der Waals surface area contributed by atoms with Crippen molar-refractivity contribution in [1.29, 1.82) is 0 Å². The summed E-state index contributed by atoms with van der Waals surface area (Å²) < 4.78 is 1.93. The minimum atomic E-state index is -0.193. The molecule has 0 saturated heterocycles. The molecule has 0 unspecified atom stereocenters. The van der Waals surface area contributed by atoms with Gasteiger partial charge in [-0.3, -0.25) is 9.78 Å². The van der Waals surface area contributed by atoms with Gasteiger partial charge in [-0.05, 0) is 25.5 Å². The van der Waals surface area contributed by atoms with E-state index in [-0.39, 0.29) is 11.9 Å². The second kappa shape index (κ2) is 7.86. The van der Waals surface area contributed by atoms with Crippen LogP contribution in [-0.2, 0) is 7.05 Å². The van der Waals surface area contributed by atoms with E-state index in [0.717, 1.165) is 24.2 Å². The second-order valence-corrected chi connectivity index (χ2v) is 6.15. The van der Waals surface area contributed by atoms with Gasteiger partial charge in [0.2, 0.25) is 0 Å². The van der Waals surface area contributed by atoms with Gasteiger partial charge in [-0.2, -0.15) is 0 Å². The first-order valence-corrected chi connectivity index (χ1v) is 8.62. The van der Waals surface area contributed by atoms with Crippen molar-refractivity contribution in [2.24, 2.45) is 7.05 Å². The average Bonchev–Trinajstić information content (AvgIpc) is 3.07. The number of nitrogens with one attached hydrogen (secondary N) is 1. The largest absolute Gasteiger partial charge is 0.342 e. The molecule has 1 atom stereocenters. The minimum absolute atomic E-state index is 0.148. The van der Waals surface area contributed by atoms with Gasteiger partial charge >= 0.3 is 0 Å². The maximum atomic E-state index is 12.8. The monoisotopic (exact) mass is 350 g/mol. The highest BCUT2D eigenvalue weighted by molar-refractivity contribution is 5.95. The summed E-state index contributed by atoms with van der Waals surface area (Å²) in [4.78, 5) is 30.0. The molecule has 26 heavy (non-hydrogen) atoms. The van der Waals surface area contributed by atoms with Gasteiger partial charge in [0, 0.05) is 43.6 Å². The molecular formula is C19H22N6O. The number of carbonyl (C=O) groups is 1. The van der Waals surface area contributed by atoms with E-state index in [2.05, 4.69) is 32.2 Å². The quantitative estimate of drug-likeness (QED) is 0.739. The average molecular weight is 350 g/mol. The summed E-state index contributed by atoms with van der Waals surface area (Å²) in [5, 5.41) is 3.06. The molecule has 7 nitrogen and oxygen atoms in total. The number of amides is 1. The van der Waals surface area contributed by atoms with E-state index in [4.69, 9.17) is 0 Å². The van der Waals surface area contributed by atoms with Gasteiger partial charge in [-0.25, -0.2) is 15.0 Å². The van der Waals surface area contributed by atoms with Crippen molar-refractivity contribution in [3.63, 3.8) is 0 Å². The smallest absolute Gasteiger partial charge is 0.255 e. The van der Waals surface area contributed by atoms with Crippen LogP contribution in [0.1, 0.15) is 47.7 Å². The van der Waals surface area contributed by atoms with Crippen LogP contribution < -0.4 is 5.32 Å². The minimum Gasteiger partial charge on any atom is -0.342 e. The summed E-state index contributed by atoms with van der Waals surface area (Å²) in [5.74, 6) is 1.20. The maximum absolute atomic E-state index is 12.8. The molecule has 0 bridgehead atoms. The van der Waals surface area contributed by atoms with Gasteiger partial charge in [0.1, 0.15) is 5.82 Å². The highest BCUT2D eigenvalue weighted by atomic mass is 16.1. The van der Waals surface area contributed by atoms with Crippen molar-refractivity contribution in [2.75, 3.05) is 0 Å². The zero-order valence-electron chi connectivity index (χ0n) is 15.2. The standard InChI is InChI=1S/C19H22N6O/c1-4-6-16(18-21-9-10-25(18)3)24-19(26)15-12-22-17(23-13(15)2)14-7-5-8-20-11-14/h5,7-12,16H,4,6H2,1-3H3,(H,24,26)/t16-/m0/s1. The van der Waals surface area contributed by atoms with Crippen LogP contribution in [0.3, 0.4) is 0 Å². The predicted octanol–water partition coefficient (Wildman–Crippen LogP) is 2.85. The third kappa shape index (κ3) is 3.77. The van der Waals surface area contributed by atoms with Crippen LogP contribution in [0.4, 0.5) is 0 Å². The molecule has 0 aliphatic heterocycles. The number of rotatable bonds is 6. The molecule has 0 saturated carbocycles. The van der Waals surface area contributed by atoms with E-state index in [1.807, 2.05) is 36.9 Å². The van der Waals surface area contributed by atoms with Crippen molar-refractivity contribution < 1.29 is 4.79 Å². The van der Waals surface area contributed by atoms with Gasteiger partial charge in [0.05, 0.1) is 17.3 Å². The SMILES string of the molecule is CCC[C@H](NC(=O)c1cnc(-c2cccnc2)nc1C)c1nccn1C. The topological polar surface area (TPSA) is 85.6 Å². The van der Waals surface area contributed by atoms with Crippen LogP contribution in [0.2, 0.25) is 0 Å². The Morgan fingerprint density at radius 3 is 2.73 bits per heavy atom. The first-order valence-electron chi connectivity index (χ1n) is 8.62. The number of carbonyl (C=O) groups excluding carboxylic acids is 1. The van der Waals surface area contributed by atoms with Crippen LogP contribution in [-0.4, -0.2) is 30.4 Å². The fourth-order valence-electron chi connectivity index (χ4n) is 2.83. The van der Waals surface area contributed by atoms with E-state index >= 15 is 0 Å². The molecule has 3 aromatic rings. The van der Waals surface area contributed by atoms with Crippen molar-refractivity contribution in [1.82, 2.24) is 29.8 Å². The third-order valence-corrected chi connectivity index (χ3v) is 4.20. The molecule has 0 radical (unpaired) electrons. The Hall–Kier alpha value is -3.09. The van der Waals surface area contributed by atoms with Crippen molar-refractivity contribution in [2.45, 2.75) is 32.7 Å². The predicted molar refractivity (Wildman–Crippen MR) is 98.3 cm³/mol. The first kappa shape index (κ1) is 17.7. The summed E-state index contributed by atoms with van der Waals surface area (Å²) in [6, 6.07) is 3.57. The van der Waals surface area contributed by atoms with Crippen molar-refractivity contribution in [3.8, 4) is 11.4 Å².